The number of piperazine rings is 1. The normalized spacial score (nSPS) is 18.2. The minimum Gasteiger partial charge on any atom is -0.497 e. The molecule has 4 amide bonds. The second-order valence-corrected chi connectivity index (χ2v) is 14.7. The Hall–Kier alpha value is -4.23. The molecule has 3 atom stereocenters. The Balaban J connectivity index is 1.39. The Morgan fingerprint density at radius 1 is 1.06 bits per heavy atom. The lowest BCUT2D eigenvalue weighted by molar-refractivity contribution is -0.138. The number of hydrogen-bond acceptors (Lipinski definition) is 7. The number of ether oxygens (including phenoxy) is 1. The first-order valence-electron chi connectivity index (χ1n) is 17.5. The van der Waals surface area contributed by atoms with Crippen LogP contribution in [0.25, 0.3) is 11.0 Å². The molecule has 1 aromatic heterocycles. The zero-order valence-electron chi connectivity index (χ0n) is 29.6. The summed E-state index contributed by atoms with van der Waals surface area (Å²) < 4.78 is 26.9. The van der Waals surface area contributed by atoms with Crippen LogP contribution in [0, 0.1) is 11.7 Å². The van der Waals surface area contributed by atoms with E-state index < -0.39 is 34.8 Å². The summed E-state index contributed by atoms with van der Waals surface area (Å²) in [4.78, 5) is 58.2. The molecule has 1 aliphatic carbocycles. The maximum Gasteiger partial charge on any atom is 0.255 e. The van der Waals surface area contributed by atoms with Crippen LogP contribution in [-0.4, -0.2) is 94.5 Å². The van der Waals surface area contributed by atoms with Crippen molar-refractivity contribution >= 4 is 49.8 Å². The van der Waals surface area contributed by atoms with Gasteiger partial charge in [0.2, 0.25) is 17.7 Å². The predicted octanol–water partition coefficient (Wildman–Crippen LogP) is 4.75. The van der Waals surface area contributed by atoms with E-state index in [4.69, 9.17) is 9.15 Å². The fourth-order valence-corrected chi connectivity index (χ4v) is 8.27. The first-order chi connectivity index (χ1) is 24.0. The Morgan fingerprint density at radius 3 is 2.42 bits per heavy atom. The second kappa shape index (κ2) is 16.2. The van der Waals surface area contributed by atoms with Gasteiger partial charge in [-0.3, -0.25) is 19.2 Å². The minimum absolute atomic E-state index is 0.0169. The number of carbonyl (C=O) groups is 4. The van der Waals surface area contributed by atoms with E-state index >= 15 is 4.39 Å². The molecule has 50 heavy (non-hydrogen) atoms. The summed E-state index contributed by atoms with van der Waals surface area (Å²) in [5.41, 5.74) is 1.27. The molecule has 5 rings (SSSR count). The smallest absolute Gasteiger partial charge is 0.255 e. The molecular formula is C37H48FN5O6Si. The number of nitrogens with zero attached hydrogens (tertiary/aromatic N) is 2. The summed E-state index contributed by atoms with van der Waals surface area (Å²) in [6.07, 6.45) is 6.00. The quantitative estimate of drug-likeness (QED) is 0.232. The van der Waals surface area contributed by atoms with Gasteiger partial charge in [-0.1, -0.05) is 45.7 Å². The molecule has 2 aliphatic rings. The lowest BCUT2D eigenvalue weighted by Crippen LogP contribution is -2.65. The topological polar surface area (TPSA) is 133 Å². The van der Waals surface area contributed by atoms with E-state index in [1.54, 1.807) is 50.1 Å². The number of anilines is 1. The highest BCUT2D eigenvalue weighted by atomic mass is 28.2. The molecule has 2 radical (unpaired) electrons. The van der Waals surface area contributed by atoms with Crippen LogP contribution in [0.2, 0.25) is 6.55 Å². The Morgan fingerprint density at radius 2 is 1.78 bits per heavy atom. The van der Waals surface area contributed by atoms with Crippen molar-refractivity contribution in [3.63, 3.8) is 0 Å². The lowest BCUT2D eigenvalue weighted by Gasteiger charge is -2.41. The molecule has 2 heterocycles. The van der Waals surface area contributed by atoms with E-state index in [-0.39, 0.29) is 39.4 Å². The van der Waals surface area contributed by atoms with Gasteiger partial charge in [0, 0.05) is 50.0 Å². The fourth-order valence-electron chi connectivity index (χ4n) is 7.05. The van der Waals surface area contributed by atoms with Crippen LogP contribution < -0.4 is 20.7 Å². The van der Waals surface area contributed by atoms with Crippen molar-refractivity contribution in [3.05, 3.63) is 59.6 Å². The third kappa shape index (κ3) is 7.88. The number of amides is 4. The fraction of sp³-hybridized carbons (Fsp3) is 0.514. The highest BCUT2D eigenvalue weighted by Gasteiger charge is 2.46. The Labute approximate surface area is 295 Å². The molecule has 2 aromatic carbocycles. The van der Waals surface area contributed by atoms with Crippen molar-refractivity contribution in [2.45, 2.75) is 76.0 Å². The number of benzene rings is 2. The van der Waals surface area contributed by atoms with Gasteiger partial charge < -0.3 is 34.9 Å². The molecule has 0 bridgehead atoms. The average Bonchev–Trinajstić information content (AvgIpc) is 3.57. The highest BCUT2D eigenvalue weighted by Crippen LogP contribution is 2.35. The first kappa shape index (κ1) is 37.0. The number of carbonyl (C=O) groups excluding carboxylic acids is 4. The van der Waals surface area contributed by atoms with Gasteiger partial charge in [0.1, 0.15) is 34.6 Å². The SMILES string of the molecule is CCC(=O)N[C@@H](C(=O)N1CCN(C)CC1)[C@@H](C)c1ccc(NC(=O)[C@@](NC(=O)c2coc3cc(OC)ccc23)([Si]C)C2CCCCC2)c(F)c1. The summed E-state index contributed by atoms with van der Waals surface area (Å²) in [6.45, 7) is 7.94. The third-order valence-electron chi connectivity index (χ3n) is 10.3. The number of likely N-dealkylation sites (N-methyl/N-ethyl adjacent to an activating group) is 1. The zero-order valence-corrected chi connectivity index (χ0v) is 30.6. The molecular weight excluding hydrogens is 658 g/mol. The maximum absolute atomic E-state index is 15.9. The van der Waals surface area contributed by atoms with Crippen molar-refractivity contribution in [3.8, 4) is 5.75 Å². The van der Waals surface area contributed by atoms with Gasteiger partial charge in [0.15, 0.2) is 0 Å². The van der Waals surface area contributed by atoms with Gasteiger partial charge in [-0.2, -0.15) is 0 Å². The largest absolute Gasteiger partial charge is 0.497 e. The van der Waals surface area contributed by atoms with Gasteiger partial charge in [-0.25, -0.2) is 4.39 Å². The van der Waals surface area contributed by atoms with Crippen molar-refractivity contribution in [1.29, 1.82) is 0 Å². The molecule has 1 saturated carbocycles. The maximum atomic E-state index is 15.9. The van der Waals surface area contributed by atoms with Crippen molar-refractivity contribution in [1.82, 2.24) is 20.4 Å². The number of nitrogens with one attached hydrogen (secondary N) is 3. The molecule has 1 saturated heterocycles. The summed E-state index contributed by atoms with van der Waals surface area (Å²) >= 11 is 0. The molecule has 0 spiro atoms. The summed E-state index contributed by atoms with van der Waals surface area (Å²) in [7, 11) is 3.53. The third-order valence-corrected chi connectivity index (χ3v) is 11.8. The summed E-state index contributed by atoms with van der Waals surface area (Å²) in [5.74, 6) is -2.16. The van der Waals surface area contributed by atoms with Crippen LogP contribution in [0.15, 0.2) is 47.1 Å². The zero-order chi connectivity index (χ0) is 36.0. The van der Waals surface area contributed by atoms with Gasteiger partial charge in [0.05, 0.1) is 27.9 Å². The number of furan rings is 1. The van der Waals surface area contributed by atoms with E-state index in [9.17, 15) is 19.2 Å². The average molecular weight is 706 g/mol. The predicted molar refractivity (Wildman–Crippen MR) is 191 cm³/mol. The molecule has 1 aliphatic heterocycles. The number of fused-ring (bicyclic) bond motifs is 1. The molecule has 3 N–H and O–H groups in total. The standard InChI is InChI=1S/C37H48FN5O6Si/c1-6-32(44)40-33(35(46)43-18-16-42(3)17-19-43)23(2)24-12-15-30(29(38)20-24)39-36(47)37(50-5,25-10-8-7-9-11-25)41-34(45)28-22-49-31-21-26(48-4)13-14-27(28)31/h12-15,20-23,25,33H,6-11,16-19H2,1-5H3,(H,39,47)(H,40,44)(H,41,45)/t23-,33+,37-/m0/s1. The van der Waals surface area contributed by atoms with Crippen molar-refractivity contribution < 1.29 is 32.7 Å². The van der Waals surface area contributed by atoms with Crippen LogP contribution in [0.4, 0.5) is 10.1 Å². The highest BCUT2D eigenvalue weighted by molar-refractivity contribution is 6.48. The summed E-state index contributed by atoms with van der Waals surface area (Å²) in [5, 5.41) is 8.07. The Bertz CT molecular complexity index is 1700. The van der Waals surface area contributed by atoms with E-state index in [2.05, 4.69) is 20.9 Å². The van der Waals surface area contributed by atoms with Crippen LogP contribution in [0.3, 0.4) is 0 Å². The van der Waals surface area contributed by atoms with Crippen LogP contribution in [-0.2, 0) is 14.4 Å². The second-order valence-electron chi connectivity index (χ2n) is 13.4. The number of halogens is 1. The number of rotatable bonds is 12. The van der Waals surface area contributed by atoms with Crippen molar-refractivity contribution in [2.24, 2.45) is 5.92 Å². The van der Waals surface area contributed by atoms with Crippen LogP contribution in [0.5, 0.6) is 5.75 Å². The number of methoxy groups -OCH3 is 1. The van der Waals surface area contributed by atoms with Gasteiger partial charge in [-0.15, -0.1) is 0 Å². The summed E-state index contributed by atoms with van der Waals surface area (Å²) in [6, 6.07) is 8.79. The number of hydrogen-bond donors (Lipinski definition) is 3. The van der Waals surface area contributed by atoms with E-state index in [1.165, 1.54) is 18.4 Å². The van der Waals surface area contributed by atoms with E-state index in [0.717, 1.165) is 45.2 Å². The van der Waals surface area contributed by atoms with Crippen LogP contribution >= 0.6 is 0 Å². The van der Waals surface area contributed by atoms with Gasteiger partial charge in [-0.05, 0) is 55.6 Å². The van der Waals surface area contributed by atoms with E-state index in [1.807, 2.05) is 13.6 Å². The minimum atomic E-state index is -1.28. The molecule has 11 nitrogen and oxygen atoms in total. The Kier molecular flexibility index (Phi) is 12.0. The molecule has 2 fully saturated rings. The van der Waals surface area contributed by atoms with Gasteiger partial charge in [0.25, 0.3) is 5.91 Å². The molecule has 3 aromatic rings. The first-order valence-corrected chi connectivity index (χ1v) is 19.0. The molecule has 13 heteroatoms. The molecule has 0 unspecified atom stereocenters. The monoisotopic (exact) mass is 705 g/mol. The van der Waals surface area contributed by atoms with Crippen LogP contribution in [0.1, 0.15) is 74.2 Å². The molecule has 268 valence electrons. The lowest BCUT2D eigenvalue weighted by atomic mass is 9.82. The van der Waals surface area contributed by atoms with Crippen molar-refractivity contribution in [2.75, 3.05) is 45.7 Å². The van der Waals surface area contributed by atoms with Gasteiger partial charge >= 0.3 is 0 Å². The van der Waals surface area contributed by atoms with E-state index in [0.29, 0.717) is 40.9 Å².